The van der Waals surface area contributed by atoms with Crippen molar-refractivity contribution in [2.24, 2.45) is 9.98 Å². The Hall–Kier alpha value is -4.93. The van der Waals surface area contributed by atoms with Crippen molar-refractivity contribution in [1.29, 1.82) is 0 Å². The van der Waals surface area contributed by atoms with E-state index in [4.69, 9.17) is 5.73 Å². The molecule has 3 aromatic carbocycles. The van der Waals surface area contributed by atoms with Gasteiger partial charge < -0.3 is 5.73 Å². The van der Waals surface area contributed by atoms with Crippen LogP contribution in [-0.2, 0) is 13.1 Å². The molecule has 166 valence electrons. The summed E-state index contributed by atoms with van der Waals surface area (Å²) in [6, 6.07) is 27.8. The quantitative estimate of drug-likeness (QED) is 0.301. The monoisotopic (exact) mass is 450 g/mol. The Labute approximate surface area is 205 Å². The molecule has 3 heterocycles. The van der Waals surface area contributed by atoms with Crippen molar-refractivity contribution in [2.45, 2.75) is 13.1 Å². The van der Waals surface area contributed by atoms with Gasteiger partial charge in [0.25, 0.3) is 0 Å². The first kappa shape index (κ1) is 21.9. The first-order chi connectivity index (χ1) is 17.3. The van der Waals surface area contributed by atoms with Gasteiger partial charge in [-0.15, -0.1) is 0 Å². The number of hydrogen-bond acceptors (Lipinski definition) is 4. The molecule has 4 heteroatoms. The minimum atomic E-state index is 0.732. The van der Waals surface area contributed by atoms with Gasteiger partial charge in [0.2, 0.25) is 0 Å². The van der Waals surface area contributed by atoms with Gasteiger partial charge in [-0.2, -0.15) is 0 Å². The maximum atomic E-state index is 5.72. The third-order valence-electron chi connectivity index (χ3n) is 5.58. The van der Waals surface area contributed by atoms with E-state index in [0.29, 0.717) is 0 Å². The van der Waals surface area contributed by atoms with Crippen LogP contribution in [0.3, 0.4) is 0 Å². The van der Waals surface area contributed by atoms with Crippen molar-refractivity contribution in [2.75, 3.05) is 5.73 Å². The fourth-order valence-electron chi connectivity index (χ4n) is 3.81. The molecule has 0 radical (unpaired) electrons. The molecule has 2 aliphatic rings. The molecule has 0 spiro atoms. The lowest BCUT2D eigenvalue weighted by molar-refractivity contribution is 1.11. The number of nitrogens with zero attached hydrogens (tertiary/aromatic N) is 3. The highest BCUT2D eigenvalue weighted by Crippen LogP contribution is 2.18. The average Bonchev–Trinajstić information content (AvgIpc) is 3.51. The SMILES string of the molecule is C(#Cc1ccncc1)C1=NCc2ccccc21.Nc1cccc(C#CC2=NCc3ccccc32)c1. The zero-order valence-corrected chi connectivity index (χ0v) is 19.1. The van der Waals surface area contributed by atoms with Crippen LogP contribution in [0.25, 0.3) is 0 Å². The maximum Gasteiger partial charge on any atom is 0.115 e. The summed E-state index contributed by atoms with van der Waals surface area (Å²) in [5.74, 6) is 12.5. The number of fused-ring (bicyclic) bond motifs is 2. The Morgan fingerprint density at radius 3 is 1.74 bits per heavy atom. The fourth-order valence-corrected chi connectivity index (χ4v) is 3.81. The van der Waals surface area contributed by atoms with Crippen molar-refractivity contribution in [3.8, 4) is 23.7 Å². The van der Waals surface area contributed by atoms with Crippen LogP contribution in [0.4, 0.5) is 5.69 Å². The molecule has 0 bridgehead atoms. The Bertz CT molecular complexity index is 1560. The summed E-state index contributed by atoms with van der Waals surface area (Å²) >= 11 is 0. The van der Waals surface area contributed by atoms with Crippen molar-refractivity contribution in [3.63, 3.8) is 0 Å². The zero-order chi connectivity index (χ0) is 23.9. The number of pyridine rings is 1. The molecule has 1 aromatic heterocycles. The highest BCUT2D eigenvalue weighted by molar-refractivity contribution is 6.16. The summed E-state index contributed by atoms with van der Waals surface area (Å²) in [5, 5.41) is 0. The summed E-state index contributed by atoms with van der Waals surface area (Å²) in [6.07, 6.45) is 3.49. The Morgan fingerprint density at radius 1 is 0.571 bits per heavy atom. The molecule has 0 aliphatic carbocycles. The third-order valence-corrected chi connectivity index (χ3v) is 5.58. The first-order valence-corrected chi connectivity index (χ1v) is 11.3. The molecule has 0 saturated carbocycles. The number of anilines is 1. The summed E-state index contributed by atoms with van der Waals surface area (Å²) in [7, 11) is 0. The van der Waals surface area contributed by atoms with E-state index in [2.05, 4.69) is 62.9 Å². The van der Waals surface area contributed by atoms with Crippen LogP contribution in [0, 0.1) is 23.7 Å². The summed E-state index contributed by atoms with van der Waals surface area (Å²) in [4.78, 5) is 12.9. The lowest BCUT2D eigenvalue weighted by atomic mass is 10.1. The van der Waals surface area contributed by atoms with Crippen molar-refractivity contribution in [1.82, 2.24) is 4.98 Å². The van der Waals surface area contributed by atoms with Gasteiger partial charge >= 0.3 is 0 Å². The van der Waals surface area contributed by atoms with Gasteiger partial charge in [-0.1, -0.05) is 66.4 Å². The van der Waals surface area contributed by atoms with Crippen LogP contribution < -0.4 is 5.73 Å². The normalized spacial score (nSPS) is 12.3. The minimum absolute atomic E-state index is 0.732. The van der Waals surface area contributed by atoms with Crippen LogP contribution in [0.2, 0.25) is 0 Å². The standard InChI is InChI=1S/C16H12N2.C15H10N2/c17-14-6-3-4-12(10-14)8-9-16-15-7-2-1-5-13(15)11-18-16;1-2-4-14-13(3-1)11-17-15(14)6-5-12-7-9-16-10-8-12/h1-7,10H,11,17H2;1-4,7-10H,11H2. The van der Waals surface area contributed by atoms with Gasteiger partial charge in [0, 0.05) is 40.3 Å². The summed E-state index contributed by atoms with van der Waals surface area (Å²) < 4.78 is 0. The number of nitrogen functional groups attached to an aromatic ring is 1. The molecule has 0 fully saturated rings. The molecular weight excluding hydrogens is 428 g/mol. The van der Waals surface area contributed by atoms with Gasteiger partial charge in [-0.25, -0.2) is 0 Å². The number of rotatable bonds is 0. The smallest absolute Gasteiger partial charge is 0.115 e. The van der Waals surface area contributed by atoms with Gasteiger partial charge in [-0.05, 0) is 53.3 Å². The molecule has 0 unspecified atom stereocenters. The number of nitrogens with two attached hydrogens (primary N) is 1. The van der Waals surface area contributed by atoms with Crippen LogP contribution in [0.15, 0.2) is 107 Å². The van der Waals surface area contributed by atoms with E-state index in [1.807, 2.05) is 60.7 Å². The highest BCUT2D eigenvalue weighted by Gasteiger charge is 2.13. The molecule has 0 amide bonds. The Kier molecular flexibility index (Phi) is 6.47. The van der Waals surface area contributed by atoms with Gasteiger partial charge in [0.15, 0.2) is 0 Å². The molecule has 0 saturated heterocycles. The molecule has 2 N–H and O–H groups in total. The van der Waals surface area contributed by atoms with E-state index in [1.54, 1.807) is 12.4 Å². The second-order valence-electron chi connectivity index (χ2n) is 8.01. The van der Waals surface area contributed by atoms with E-state index in [0.717, 1.165) is 52.5 Å². The second kappa shape index (κ2) is 10.3. The molecule has 6 rings (SSSR count). The van der Waals surface area contributed by atoms with Crippen molar-refractivity contribution in [3.05, 3.63) is 131 Å². The fraction of sp³-hybridized carbons (Fsp3) is 0.0645. The predicted molar refractivity (Wildman–Crippen MR) is 142 cm³/mol. The number of aliphatic imine (C=N–C) groups is 2. The molecule has 0 atom stereocenters. The molecule has 2 aliphatic heterocycles. The topological polar surface area (TPSA) is 63.6 Å². The molecule has 4 nitrogen and oxygen atoms in total. The van der Waals surface area contributed by atoms with Crippen LogP contribution in [0.5, 0.6) is 0 Å². The van der Waals surface area contributed by atoms with Gasteiger partial charge in [0.1, 0.15) is 11.4 Å². The van der Waals surface area contributed by atoms with Crippen LogP contribution in [-0.4, -0.2) is 16.4 Å². The Morgan fingerprint density at radius 2 is 1.14 bits per heavy atom. The number of benzene rings is 3. The van der Waals surface area contributed by atoms with Crippen LogP contribution in [0.1, 0.15) is 33.4 Å². The van der Waals surface area contributed by atoms with Crippen molar-refractivity contribution >= 4 is 17.1 Å². The minimum Gasteiger partial charge on any atom is -0.399 e. The second-order valence-corrected chi connectivity index (χ2v) is 8.01. The molecular formula is C31H22N4. The summed E-state index contributed by atoms with van der Waals surface area (Å²) in [6.45, 7) is 1.48. The highest BCUT2D eigenvalue weighted by atomic mass is 14.8. The lowest BCUT2D eigenvalue weighted by Crippen LogP contribution is -1.94. The molecule has 4 aromatic rings. The van der Waals surface area contributed by atoms with Crippen molar-refractivity contribution < 1.29 is 0 Å². The van der Waals surface area contributed by atoms with Gasteiger partial charge in [-0.3, -0.25) is 15.0 Å². The Balaban J connectivity index is 0.000000145. The third kappa shape index (κ3) is 5.36. The van der Waals surface area contributed by atoms with Crippen LogP contribution >= 0.6 is 0 Å². The van der Waals surface area contributed by atoms with Gasteiger partial charge in [0.05, 0.1) is 13.1 Å². The number of hydrogen-bond donors (Lipinski definition) is 1. The van der Waals surface area contributed by atoms with E-state index in [1.165, 1.54) is 11.1 Å². The molecule has 35 heavy (non-hydrogen) atoms. The maximum absolute atomic E-state index is 5.72. The predicted octanol–water partition coefficient (Wildman–Crippen LogP) is 5.06. The first-order valence-electron chi connectivity index (χ1n) is 11.3. The van der Waals surface area contributed by atoms with E-state index < -0.39 is 0 Å². The number of aromatic nitrogens is 1. The lowest BCUT2D eigenvalue weighted by Gasteiger charge is -1.96. The summed E-state index contributed by atoms with van der Waals surface area (Å²) in [5.41, 5.74) is 14.9. The average molecular weight is 451 g/mol. The van der Waals surface area contributed by atoms with E-state index >= 15 is 0 Å². The van der Waals surface area contributed by atoms with E-state index in [9.17, 15) is 0 Å². The van der Waals surface area contributed by atoms with E-state index in [-0.39, 0.29) is 0 Å². The zero-order valence-electron chi connectivity index (χ0n) is 19.1. The largest absolute Gasteiger partial charge is 0.399 e.